The topological polar surface area (TPSA) is 35.5 Å². The van der Waals surface area contributed by atoms with E-state index in [0.29, 0.717) is 24.2 Å². The van der Waals surface area contributed by atoms with Crippen LogP contribution in [0.5, 0.6) is 0 Å². The minimum atomic E-state index is -0.328. The Morgan fingerprint density at radius 3 is 3.00 bits per heavy atom. The van der Waals surface area contributed by atoms with Gasteiger partial charge in [-0.15, -0.1) is 0 Å². The maximum absolute atomic E-state index is 11.6. The Bertz CT molecular complexity index is 289. The number of ketones is 1. The Hall–Kier alpha value is -0.410. The van der Waals surface area contributed by atoms with Crippen LogP contribution in [0.2, 0.25) is 0 Å². The molecule has 3 rings (SSSR count). The summed E-state index contributed by atoms with van der Waals surface area (Å²) in [5, 5.41) is 0. The Morgan fingerprint density at radius 2 is 2.27 bits per heavy atom. The molecule has 84 valence electrons. The van der Waals surface area contributed by atoms with Gasteiger partial charge in [0.05, 0.1) is 12.7 Å². The molecule has 0 aromatic rings. The summed E-state index contributed by atoms with van der Waals surface area (Å²) in [6.45, 7) is 2.77. The predicted molar refractivity (Wildman–Crippen MR) is 54.3 cm³/mol. The summed E-state index contributed by atoms with van der Waals surface area (Å²) >= 11 is 0. The fourth-order valence-corrected chi connectivity index (χ4v) is 3.44. The van der Waals surface area contributed by atoms with Crippen LogP contribution in [0.25, 0.3) is 0 Å². The Balaban J connectivity index is 1.74. The van der Waals surface area contributed by atoms with Crippen molar-refractivity contribution in [3.05, 3.63) is 0 Å². The SMILES string of the molecule is CC1COC2(CCC3C(=O)CCC3C2)O1. The van der Waals surface area contributed by atoms with Crippen molar-refractivity contribution in [3.8, 4) is 0 Å². The molecule has 0 radical (unpaired) electrons. The van der Waals surface area contributed by atoms with E-state index in [0.717, 1.165) is 32.1 Å². The monoisotopic (exact) mass is 210 g/mol. The van der Waals surface area contributed by atoms with Gasteiger partial charge in [-0.3, -0.25) is 4.79 Å². The summed E-state index contributed by atoms with van der Waals surface area (Å²) in [6.07, 6.45) is 4.86. The second kappa shape index (κ2) is 3.29. The van der Waals surface area contributed by atoms with Crippen molar-refractivity contribution in [3.63, 3.8) is 0 Å². The lowest BCUT2D eigenvalue weighted by molar-refractivity contribution is -0.200. The Morgan fingerprint density at radius 1 is 1.40 bits per heavy atom. The average molecular weight is 210 g/mol. The molecule has 3 nitrogen and oxygen atoms in total. The lowest BCUT2D eigenvalue weighted by atomic mass is 9.78. The summed E-state index contributed by atoms with van der Waals surface area (Å²) in [4.78, 5) is 11.6. The molecule has 0 bridgehead atoms. The number of fused-ring (bicyclic) bond motifs is 1. The third kappa shape index (κ3) is 1.53. The average Bonchev–Trinajstić information content (AvgIpc) is 2.73. The van der Waals surface area contributed by atoms with Crippen LogP contribution in [0.1, 0.15) is 39.0 Å². The zero-order valence-corrected chi connectivity index (χ0v) is 9.20. The summed E-state index contributed by atoms with van der Waals surface area (Å²) in [7, 11) is 0. The van der Waals surface area contributed by atoms with Crippen LogP contribution < -0.4 is 0 Å². The minimum Gasteiger partial charge on any atom is -0.347 e. The van der Waals surface area contributed by atoms with Gasteiger partial charge in [-0.25, -0.2) is 0 Å². The van der Waals surface area contributed by atoms with Crippen LogP contribution in [0, 0.1) is 11.8 Å². The summed E-state index contributed by atoms with van der Waals surface area (Å²) < 4.78 is 11.7. The van der Waals surface area contributed by atoms with Gasteiger partial charge >= 0.3 is 0 Å². The van der Waals surface area contributed by atoms with E-state index in [1.165, 1.54) is 0 Å². The normalized spacial score (nSPS) is 49.9. The number of rotatable bonds is 0. The minimum absolute atomic E-state index is 0.221. The Labute approximate surface area is 90.1 Å². The zero-order valence-electron chi connectivity index (χ0n) is 9.20. The summed E-state index contributed by atoms with van der Waals surface area (Å²) in [6, 6.07) is 0. The Kier molecular flexibility index (Phi) is 2.15. The van der Waals surface area contributed by atoms with Crippen LogP contribution in [0.15, 0.2) is 0 Å². The van der Waals surface area contributed by atoms with E-state index in [9.17, 15) is 4.79 Å². The smallest absolute Gasteiger partial charge is 0.169 e. The molecule has 1 heterocycles. The van der Waals surface area contributed by atoms with Gasteiger partial charge in [0.25, 0.3) is 0 Å². The molecule has 15 heavy (non-hydrogen) atoms. The third-order valence-electron chi connectivity index (χ3n) is 4.15. The molecule has 4 unspecified atom stereocenters. The van der Waals surface area contributed by atoms with E-state index < -0.39 is 0 Å². The molecule has 1 spiro atoms. The molecule has 0 aromatic carbocycles. The molecule has 3 heteroatoms. The van der Waals surface area contributed by atoms with Crippen LogP contribution in [-0.4, -0.2) is 24.3 Å². The summed E-state index contributed by atoms with van der Waals surface area (Å²) in [5.74, 6) is 0.988. The van der Waals surface area contributed by atoms with Crippen LogP contribution in [0.4, 0.5) is 0 Å². The van der Waals surface area contributed by atoms with Crippen LogP contribution in [-0.2, 0) is 14.3 Å². The van der Waals surface area contributed by atoms with Gasteiger partial charge in [0.15, 0.2) is 5.79 Å². The number of hydrogen-bond donors (Lipinski definition) is 0. The van der Waals surface area contributed by atoms with Crippen molar-refractivity contribution < 1.29 is 14.3 Å². The molecular weight excluding hydrogens is 192 g/mol. The van der Waals surface area contributed by atoms with Crippen LogP contribution >= 0.6 is 0 Å². The van der Waals surface area contributed by atoms with E-state index >= 15 is 0 Å². The van der Waals surface area contributed by atoms with Crippen molar-refractivity contribution in [1.29, 1.82) is 0 Å². The highest BCUT2D eigenvalue weighted by Gasteiger charge is 2.50. The molecule has 3 aliphatic rings. The number of ether oxygens (including phenoxy) is 2. The lowest BCUT2D eigenvalue weighted by Gasteiger charge is -2.37. The summed E-state index contributed by atoms with van der Waals surface area (Å²) in [5.41, 5.74) is 0. The highest BCUT2D eigenvalue weighted by Crippen LogP contribution is 2.48. The highest BCUT2D eigenvalue weighted by molar-refractivity contribution is 5.83. The fraction of sp³-hybridized carbons (Fsp3) is 0.917. The van der Waals surface area contributed by atoms with Crippen molar-refractivity contribution >= 4 is 5.78 Å². The van der Waals surface area contributed by atoms with E-state index in [2.05, 4.69) is 6.92 Å². The zero-order chi connectivity index (χ0) is 10.5. The first-order valence-corrected chi connectivity index (χ1v) is 6.03. The number of hydrogen-bond acceptors (Lipinski definition) is 3. The van der Waals surface area contributed by atoms with Gasteiger partial charge in [0, 0.05) is 25.2 Å². The first-order chi connectivity index (χ1) is 7.19. The standard InChI is InChI=1S/C12H18O3/c1-8-7-14-12(15-8)5-4-10-9(6-12)2-3-11(10)13/h8-10H,2-7H2,1H3. The van der Waals surface area contributed by atoms with E-state index in [-0.39, 0.29) is 11.9 Å². The fourth-order valence-electron chi connectivity index (χ4n) is 3.44. The largest absolute Gasteiger partial charge is 0.347 e. The van der Waals surface area contributed by atoms with Crippen molar-refractivity contribution in [2.45, 2.75) is 50.9 Å². The van der Waals surface area contributed by atoms with Gasteiger partial charge < -0.3 is 9.47 Å². The predicted octanol–water partition coefficient (Wildman–Crippen LogP) is 1.90. The van der Waals surface area contributed by atoms with E-state index in [1.54, 1.807) is 0 Å². The van der Waals surface area contributed by atoms with Crippen molar-refractivity contribution in [1.82, 2.24) is 0 Å². The molecule has 2 aliphatic carbocycles. The molecule has 0 amide bonds. The third-order valence-corrected chi connectivity index (χ3v) is 4.15. The molecule has 3 fully saturated rings. The van der Waals surface area contributed by atoms with E-state index in [4.69, 9.17) is 9.47 Å². The molecule has 2 saturated carbocycles. The van der Waals surface area contributed by atoms with Gasteiger partial charge in [0.2, 0.25) is 0 Å². The number of carbonyl (C=O) groups excluding carboxylic acids is 1. The maximum atomic E-state index is 11.6. The molecule has 1 aliphatic heterocycles. The highest BCUT2D eigenvalue weighted by atomic mass is 16.7. The quantitative estimate of drug-likeness (QED) is 0.612. The van der Waals surface area contributed by atoms with Crippen molar-refractivity contribution in [2.75, 3.05) is 6.61 Å². The second-order valence-corrected chi connectivity index (χ2v) is 5.26. The lowest BCUT2D eigenvalue weighted by Crippen LogP contribution is -2.40. The molecule has 0 aromatic heterocycles. The van der Waals surface area contributed by atoms with Crippen molar-refractivity contribution in [2.24, 2.45) is 11.8 Å². The molecular formula is C12H18O3. The molecule has 4 atom stereocenters. The second-order valence-electron chi connectivity index (χ2n) is 5.26. The van der Waals surface area contributed by atoms with Gasteiger partial charge in [-0.05, 0) is 25.7 Å². The van der Waals surface area contributed by atoms with Gasteiger partial charge in [-0.2, -0.15) is 0 Å². The van der Waals surface area contributed by atoms with Gasteiger partial charge in [0.1, 0.15) is 5.78 Å². The maximum Gasteiger partial charge on any atom is 0.169 e. The van der Waals surface area contributed by atoms with Gasteiger partial charge in [-0.1, -0.05) is 0 Å². The van der Waals surface area contributed by atoms with Crippen LogP contribution in [0.3, 0.4) is 0 Å². The van der Waals surface area contributed by atoms with E-state index in [1.807, 2.05) is 0 Å². The number of Topliss-reactive ketones (excluding diaryl/α,β-unsaturated/α-hetero) is 1. The number of carbonyl (C=O) groups is 1. The first-order valence-electron chi connectivity index (χ1n) is 6.03. The molecule has 0 N–H and O–H groups in total. The first kappa shape index (κ1) is 9.79. The molecule has 1 saturated heterocycles.